The van der Waals surface area contributed by atoms with Crippen molar-refractivity contribution in [2.24, 2.45) is 0 Å². The highest BCUT2D eigenvalue weighted by Gasteiger charge is 2.23. The Kier molecular flexibility index (Phi) is 5.55. The zero-order valence-corrected chi connectivity index (χ0v) is 12.0. The molecule has 0 aliphatic carbocycles. The van der Waals surface area contributed by atoms with Crippen molar-refractivity contribution in [3.8, 4) is 0 Å². The molecule has 1 aromatic rings. The number of benzene rings is 1. The highest BCUT2D eigenvalue weighted by molar-refractivity contribution is 5.82. The largest absolute Gasteiger partial charge is 0.458 e. The Morgan fingerprint density at radius 3 is 2.40 bits per heavy atom. The number of carbonyl (C=O) groups excluding carboxylic acids is 2. The Balaban J connectivity index is 2.36. The molecule has 1 N–H and O–H groups in total. The summed E-state index contributed by atoms with van der Waals surface area (Å²) in [6.45, 7) is 8.89. The Labute approximate surface area is 119 Å². The van der Waals surface area contributed by atoms with Crippen molar-refractivity contribution < 1.29 is 19.1 Å². The van der Waals surface area contributed by atoms with Crippen molar-refractivity contribution in [3.05, 3.63) is 42.8 Å². The fourth-order valence-corrected chi connectivity index (χ4v) is 1.34. The number of ether oxygens (including phenoxy) is 2. The summed E-state index contributed by atoms with van der Waals surface area (Å²) in [5, 5.41) is 2.33. The molecule has 1 radical (unpaired) electrons. The molecule has 0 aromatic heterocycles. The first-order valence-corrected chi connectivity index (χ1v) is 6.31. The van der Waals surface area contributed by atoms with Crippen molar-refractivity contribution in [1.29, 1.82) is 0 Å². The van der Waals surface area contributed by atoms with Crippen LogP contribution in [-0.2, 0) is 20.9 Å². The summed E-state index contributed by atoms with van der Waals surface area (Å²) in [4.78, 5) is 23.1. The van der Waals surface area contributed by atoms with Crippen LogP contribution in [0.25, 0.3) is 0 Å². The molecule has 0 saturated carbocycles. The van der Waals surface area contributed by atoms with Crippen LogP contribution in [0.15, 0.2) is 30.3 Å². The molecule has 5 heteroatoms. The molecular weight excluding hydrogens is 258 g/mol. The third kappa shape index (κ3) is 6.22. The van der Waals surface area contributed by atoms with Gasteiger partial charge in [-0.25, -0.2) is 9.59 Å². The summed E-state index contributed by atoms with van der Waals surface area (Å²) in [6, 6.07) is 8.24. The van der Waals surface area contributed by atoms with Gasteiger partial charge >= 0.3 is 12.1 Å². The molecule has 0 fully saturated rings. The van der Waals surface area contributed by atoms with Crippen LogP contribution in [0.2, 0.25) is 0 Å². The standard InChI is InChI=1S/C15H20NO4/c1-11(13(17)20-15(2,3)4)16-14(18)19-10-12-8-6-5-7-9-12/h5-9,11H,1,10H2,2-4H3,(H,16,18)/t11-/m0/s1. The minimum atomic E-state index is -1.00. The number of carbonyl (C=O) groups is 2. The molecular formula is C15H20NO4. The first-order valence-electron chi connectivity index (χ1n) is 6.31. The van der Waals surface area contributed by atoms with E-state index in [1.165, 1.54) is 0 Å². The Morgan fingerprint density at radius 2 is 1.85 bits per heavy atom. The Morgan fingerprint density at radius 1 is 1.25 bits per heavy atom. The SMILES string of the molecule is [CH2][C@H](NC(=O)OCc1ccccc1)C(=O)OC(C)(C)C. The second-order valence-corrected chi connectivity index (χ2v) is 5.29. The lowest BCUT2D eigenvalue weighted by molar-refractivity contribution is -0.156. The van der Waals surface area contributed by atoms with Gasteiger partial charge in [0.2, 0.25) is 0 Å². The van der Waals surface area contributed by atoms with Crippen LogP contribution in [0.3, 0.4) is 0 Å². The lowest BCUT2D eigenvalue weighted by atomic mass is 10.2. The summed E-state index contributed by atoms with van der Waals surface area (Å²) in [6.07, 6.45) is -0.709. The number of hydrogen-bond acceptors (Lipinski definition) is 4. The van der Waals surface area contributed by atoms with E-state index in [2.05, 4.69) is 12.2 Å². The minimum absolute atomic E-state index is 0.133. The zero-order valence-electron chi connectivity index (χ0n) is 12.0. The van der Waals surface area contributed by atoms with Crippen molar-refractivity contribution in [1.82, 2.24) is 5.32 Å². The van der Waals surface area contributed by atoms with Gasteiger partial charge in [-0.15, -0.1) is 0 Å². The second kappa shape index (κ2) is 6.93. The third-order valence-electron chi connectivity index (χ3n) is 2.20. The van der Waals surface area contributed by atoms with Crippen LogP contribution in [-0.4, -0.2) is 23.7 Å². The number of hydrogen-bond donors (Lipinski definition) is 1. The summed E-state index contributed by atoms with van der Waals surface area (Å²) in [5.41, 5.74) is 0.239. The molecule has 0 aliphatic rings. The normalized spacial score (nSPS) is 12.4. The predicted octanol–water partition coefficient (Wildman–Crippen LogP) is 2.46. The molecule has 1 rings (SSSR count). The van der Waals surface area contributed by atoms with E-state index in [9.17, 15) is 9.59 Å². The highest BCUT2D eigenvalue weighted by Crippen LogP contribution is 2.08. The molecule has 1 amide bonds. The molecule has 0 saturated heterocycles. The molecule has 0 unspecified atom stereocenters. The van der Waals surface area contributed by atoms with Crippen molar-refractivity contribution in [2.45, 2.75) is 39.0 Å². The molecule has 0 spiro atoms. The van der Waals surface area contributed by atoms with E-state index in [1.807, 2.05) is 30.3 Å². The summed E-state index contributed by atoms with van der Waals surface area (Å²) in [7, 11) is 0. The van der Waals surface area contributed by atoms with Gasteiger partial charge in [0, 0.05) is 0 Å². The average molecular weight is 278 g/mol. The van der Waals surface area contributed by atoms with Gasteiger partial charge in [0.15, 0.2) is 0 Å². The van der Waals surface area contributed by atoms with E-state index in [0.717, 1.165) is 5.56 Å². The van der Waals surface area contributed by atoms with Crippen molar-refractivity contribution in [2.75, 3.05) is 0 Å². The van der Waals surface area contributed by atoms with Gasteiger partial charge in [-0.3, -0.25) is 0 Å². The van der Waals surface area contributed by atoms with E-state index in [4.69, 9.17) is 9.47 Å². The van der Waals surface area contributed by atoms with Crippen LogP contribution in [0, 0.1) is 6.92 Å². The van der Waals surface area contributed by atoms with E-state index >= 15 is 0 Å². The molecule has 5 nitrogen and oxygen atoms in total. The van der Waals surface area contributed by atoms with Gasteiger partial charge < -0.3 is 14.8 Å². The average Bonchev–Trinajstić information content (AvgIpc) is 2.35. The molecule has 0 heterocycles. The topological polar surface area (TPSA) is 64.6 Å². The fourth-order valence-electron chi connectivity index (χ4n) is 1.34. The Bertz CT molecular complexity index is 451. The minimum Gasteiger partial charge on any atom is -0.458 e. The number of amides is 1. The molecule has 1 atom stereocenters. The van der Waals surface area contributed by atoms with E-state index in [0.29, 0.717) is 0 Å². The summed E-state index contributed by atoms with van der Waals surface area (Å²) in [5.74, 6) is -0.603. The molecule has 20 heavy (non-hydrogen) atoms. The quantitative estimate of drug-likeness (QED) is 0.859. The van der Waals surface area contributed by atoms with E-state index in [1.54, 1.807) is 20.8 Å². The molecule has 0 bridgehead atoms. The van der Waals surface area contributed by atoms with Crippen LogP contribution < -0.4 is 5.32 Å². The van der Waals surface area contributed by atoms with Gasteiger partial charge in [0.05, 0.1) is 0 Å². The van der Waals surface area contributed by atoms with E-state index < -0.39 is 23.7 Å². The summed E-state index contributed by atoms with van der Waals surface area (Å²) >= 11 is 0. The lowest BCUT2D eigenvalue weighted by Gasteiger charge is -2.22. The van der Waals surface area contributed by atoms with Gasteiger partial charge in [0.1, 0.15) is 18.2 Å². The number of esters is 1. The number of alkyl carbamates (subject to hydrolysis) is 1. The molecule has 1 aromatic carbocycles. The highest BCUT2D eigenvalue weighted by atomic mass is 16.6. The number of rotatable bonds is 4. The van der Waals surface area contributed by atoms with Crippen LogP contribution in [0.4, 0.5) is 4.79 Å². The maximum Gasteiger partial charge on any atom is 0.408 e. The Hall–Kier alpha value is -2.04. The van der Waals surface area contributed by atoms with Crippen LogP contribution >= 0.6 is 0 Å². The van der Waals surface area contributed by atoms with Gasteiger partial charge in [-0.2, -0.15) is 0 Å². The fraction of sp³-hybridized carbons (Fsp3) is 0.400. The monoisotopic (exact) mass is 278 g/mol. The smallest absolute Gasteiger partial charge is 0.408 e. The van der Waals surface area contributed by atoms with Gasteiger partial charge in [-0.05, 0) is 33.3 Å². The van der Waals surface area contributed by atoms with E-state index in [-0.39, 0.29) is 6.61 Å². The predicted molar refractivity (Wildman–Crippen MR) is 74.8 cm³/mol. The van der Waals surface area contributed by atoms with Crippen LogP contribution in [0.5, 0.6) is 0 Å². The first-order chi connectivity index (χ1) is 9.28. The maximum atomic E-state index is 11.6. The molecule has 109 valence electrons. The number of nitrogens with one attached hydrogen (secondary N) is 1. The van der Waals surface area contributed by atoms with Gasteiger partial charge in [-0.1, -0.05) is 30.3 Å². The summed E-state index contributed by atoms with van der Waals surface area (Å²) < 4.78 is 10.1. The lowest BCUT2D eigenvalue weighted by Crippen LogP contribution is -2.42. The zero-order chi connectivity index (χ0) is 15.2. The van der Waals surface area contributed by atoms with Crippen molar-refractivity contribution >= 4 is 12.1 Å². The van der Waals surface area contributed by atoms with Gasteiger partial charge in [0.25, 0.3) is 0 Å². The second-order valence-electron chi connectivity index (χ2n) is 5.29. The van der Waals surface area contributed by atoms with Crippen LogP contribution in [0.1, 0.15) is 26.3 Å². The third-order valence-corrected chi connectivity index (χ3v) is 2.20. The first kappa shape index (κ1) is 16.0. The van der Waals surface area contributed by atoms with Crippen molar-refractivity contribution in [3.63, 3.8) is 0 Å². The molecule has 0 aliphatic heterocycles. The maximum absolute atomic E-state index is 11.6.